The molecule has 0 radical (unpaired) electrons. The van der Waals surface area contributed by atoms with Crippen molar-refractivity contribution in [3.05, 3.63) is 47.6 Å². The molecule has 0 N–H and O–H groups in total. The number of carbonyl (C=O) groups excluding carboxylic acids is 1. The van der Waals surface area contributed by atoms with E-state index in [0.29, 0.717) is 11.8 Å². The van der Waals surface area contributed by atoms with Crippen molar-refractivity contribution in [1.29, 1.82) is 0 Å². The molecule has 0 spiro atoms. The van der Waals surface area contributed by atoms with E-state index >= 15 is 0 Å². The Morgan fingerprint density at radius 3 is 3.00 bits per heavy atom. The van der Waals surface area contributed by atoms with E-state index in [4.69, 9.17) is 0 Å². The molecule has 0 aromatic heterocycles. The molecule has 3 heteroatoms. The third-order valence-electron chi connectivity index (χ3n) is 3.71. The van der Waals surface area contributed by atoms with E-state index in [1.807, 2.05) is 6.21 Å². The largest absolute Gasteiger partial charge is 0.468 e. The van der Waals surface area contributed by atoms with E-state index in [0.717, 1.165) is 12.8 Å². The van der Waals surface area contributed by atoms with Gasteiger partial charge in [-0.25, -0.2) is 0 Å². The monoisotopic (exact) mass is 271 g/mol. The van der Waals surface area contributed by atoms with Crippen LogP contribution in [0.5, 0.6) is 0 Å². The van der Waals surface area contributed by atoms with Gasteiger partial charge in [0.05, 0.1) is 7.11 Å². The number of ether oxygens (including phenoxy) is 1. The molecule has 2 rings (SSSR count). The molecule has 0 heterocycles. The van der Waals surface area contributed by atoms with Gasteiger partial charge in [-0.15, -0.1) is 0 Å². The van der Waals surface area contributed by atoms with Crippen LogP contribution in [0.25, 0.3) is 0 Å². The number of nitrogens with zero attached hydrogens (tertiary/aromatic N) is 1. The lowest BCUT2D eigenvalue weighted by atomic mass is 9.79. The van der Waals surface area contributed by atoms with Crippen LogP contribution in [-0.4, -0.2) is 25.8 Å². The summed E-state index contributed by atoms with van der Waals surface area (Å²) < 4.78 is 4.60. The minimum absolute atomic E-state index is 0.0902. The smallest absolute Gasteiger partial charge is 0.327 e. The molecule has 0 bridgehead atoms. The summed E-state index contributed by atoms with van der Waals surface area (Å²) in [6.07, 6.45) is 16.9. The maximum atomic E-state index is 11.1. The summed E-state index contributed by atoms with van der Waals surface area (Å²) in [5.74, 6) is 0.585. The Morgan fingerprint density at radius 2 is 2.25 bits per heavy atom. The fourth-order valence-corrected chi connectivity index (χ4v) is 2.56. The molecule has 20 heavy (non-hydrogen) atoms. The molecule has 2 aliphatic carbocycles. The maximum absolute atomic E-state index is 11.1. The second-order valence-electron chi connectivity index (χ2n) is 5.12. The Balaban J connectivity index is 2.17. The van der Waals surface area contributed by atoms with Gasteiger partial charge < -0.3 is 4.74 Å². The Hall–Kier alpha value is -1.90. The first kappa shape index (κ1) is 14.5. The predicted octanol–water partition coefficient (Wildman–Crippen LogP) is 3.26. The van der Waals surface area contributed by atoms with Crippen molar-refractivity contribution in [1.82, 2.24) is 0 Å². The van der Waals surface area contributed by atoms with Crippen LogP contribution in [0.2, 0.25) is 0 Å². The Morgan fingerprint density at radius 1 is 1.45 bits per heavy atom. The lowest BCUT2D eigenvalue weighted by Crippen LogP contribution is -2.15. The molecule has 2 aliphatic rings. The summed E-state index contributed by atoms with van der Waals surface area (Å²) in [6, 6.07) is 0. The summed E-state index contributed by atoms with van der Waals surface area (Å²) >= 11 is 0. The van der Waals surface area contributed by atoms with Gasteiger partial charge in [-0.2, -0.15) is 0 Å². The van der Waals surface area contributed by atoms with Gasteiger partial charge in [0.25, 0.3) is 0 Å². The van der Waals surface area contributed by atoms with E-state index in [1.165, 1.54) is 18.3 Å². The third kappa shape index (κ3) is 3.56. The zero-order valence-corrected chi connectivity index (χ0v) is 12.1. The van der Waals surface area contributed by atoms with Gasteiger partial charge in [-0.05, 0) is 29.9 Å². The number of methoxy groups -OCH3 is 1. The molecule has 0 fully saturated rings. The summed E-state index contributed by atoms with van der Waals surface area (Å²) in [4.78, 5) is 15.3. The molecular weight excluding hydrogens is 250 g/mol. The molecule has 2 atom stereocenters. The summed E-state index contributed by atoms with van der Waals surface area (Å²) in [5, 5.41) is 0. The second kappa shape index (κ2) is 7.04. The fraction of sp³-hybridized carbons (Fsp3) is 0.412. The molecule has 0 aromatic carbocycles. The van der Waals surface area contributed by atoms with E-state index in [-0.39, 0.29) is 12.5 Å². The normalized spacial score (nSPS) is 25.5. The van der Waals surface area contributed by atoms with Crippen molar-refractivity contribution >= 4 is 12.2 Å². The molecule has 0 saturated heterocycles. The maximum Gasteiger partial charge on any atom is 0.327 e. The van der Waals surface area contributed by atoms with Crippen LogP contribution in [0, 0.1) is 11.8 Å². The topological polar surface area (TPSA) is 38.7 Å². The standard InChI is InChI=1S/C17H21NO2/c1-13-7-3-5-9-15(13)16-10-6-4-8-14(16)11-18-12-17(19)20-2/h3,5-7,9-11,13,15H,4,8,12H2,1-2H3/b18-11+. The first-order chi connectivity index (χ1) is 9.72. The minimum atomic E-state index is -0.302. The zero-order chi connectivity index (χ0) is 14.4. The van der Waals surface area contributed by atoms with Crippen LogP contribution in [0.4, 0.5) is 0 Å². The van der Waals surface area contributed by atoms with Gasteiger partial charge in [0.1, 0.15) is 6.54 Å². The van der Waals surface area contributed by atoms with Crippen LogP contribution < -0.4 is 0 Å². The Labute approximate surface area is 120 Å². The van der Waals surface area contributed by atoms with Crippen molar-refractivity contribution in [3.63, 3.8) is 0 Å². The van der Waals surface area contributed by atoms with Crippen molar-refractivity contribution in [3.8, 4) is 0 Å². The van der Waals surface area contributed by atoms with Crippen molar-refractivity contribution in [2.75, 3.05) is 13.7 Å². The Kier molecular flexibility index (Phi) is 5.10. The summed E-state index contributed by atoms with van der Waals surface area (Å²) in [7, 11) is 1.38. The number of hydrogen-bond acceptors (Lipinski definition) is 3. The highest BCUT2D eigenvalue weighted by molar-refractivity contribution is 5.83. The number of esters is 1. The van der Waals surface area contributed by atoms with Crippen LogP contribution in [0.1, 0.15) is 19.8 Å². The van der Waals surface area contributed by atoms with Crippen LogP contribution >= 0.6 is 0 Å². The molecule has 2 unspecified atom stereocenters. The lowest BCUT2D eigenvalue weighted by Gasteiger charge is -2.25. The molecule has 0 amide bonds. The van der Waals surface area contributed by atoms with Gasteiger partial charge in [0, 0.05) is 12.1 Å². The first-order valence-electron chi connectivity index (χ1n) is 7.03. The van der Waals surface area contributed by atoms with Crippen LogP contribution in [0.15, 0.2) is 52.6 Å². The number of aliphatic imine (C=N–C) groups is 1. The van der Waals surface area contributed by atoms with E-state index in [9.17, 15) is 4.79 Å². The molecule has 3 nitrogen and oxygen atoms in total. The fourth-order valence-electron chi connectivity index (χ4n) is 2.56. The average Bonchev–Trinajstić information content (AvgIpc) is 2.48. The van der Waals surface area contributed by atoms with Crippen LogP contribution in [-0.2, 0) is 9.53 Å². The highest BCUT2D eigenvalue weighted by Crippen LogP contribution is 2.32. The van der Waals surface area contributed by atoms with Crippen molar-refractivity contribution in [2.45, 2.75) is 19.8 Å². The average molecular weight is 271 g/mol. The first-order valence-corrected chi connectivity index (χ1v) is 7.03. The van der Waals surface area contributed by atoms with Gasteiger partial charge in [-0.1, -0.05) is 43.4 Å². The molecule has 0 saturated carbocycles. The molecule has 0 aromatic rings. The second-order valence-corrected chi connectivity index (χ2v) is 5.12. The summed E-state index contributed by atoms with van der Waals surface area (Å²) in [5.41, 5.74) is 2.55. The number of allylic oxidation sites excluding steroid dienone is 8. The summed E-state index contributed by atoms with van der Waals surface area (Å²) in [6.45, 7) is 2.32. The third-order valence-corrected chi connectivity index (χ3v) is 3.71. The van der Waals surface area contributed by atoms with Gasteiger partial charge in [0.2, 0.25) is 0 Å². The zero-order valence-electron chi connectivity index (χ0n) is 12.1. The number of rotatable bonds is 4. The minimum Gasteiger partial charge on any atom is -0.468 e. The highest BCUT2D eigenvalue weighted by Gasteiger charge is 2.20. The van der Waals surface area contributed by atoms with E-state index in [1.54, 1.807) is 0 Å². The van der Waals surface area contributed by atoms with Crippen molar-refractivity contribution < 1.29 is 9.53 Å². The quantitative estimate of drug-likeness (QED) is 0.581. The molecular formula is C17H21NO2. The van der Waals surface area contributed by atoms with Crippen molar-refractivity contribution in [2.24, 2.45) is 16.8 Å². The number of carbonyl (C=O) groups is 1. The SMILES string of the molecule is COC(=O)C/N=C/C1=C(C2C=CC=CC2C)C=CCC1. The molecule has 106 valence electrons. The van der Waals surface area contributed by atoms with Gasteiger partial charge >= 0.3 is 5.97 Å². The van der Waals surface area contributed by atoms with E-state index in [2.05, 4.69) is 53.1 Å². The van der Waals surface area contributed by atoms with Gasteiger partial charge in [-0.3, -0.25) is 9.79 Å². The van der Waals surface area contributed by atoms with E-state index < -0.39 is 0 Å². The lowest BCUT2D eigenvalue weighted by molar-refractivity contribution is -0.138. The predicted molar refractivity (Wildman–Crippen MR) is 81.7 cm³/mol. The Bertz CT molecular complexity index is 509. The van der Waals surface area contributed by atoms with Gasteiger partial charge in [0.15, 0.2) is 0 Å². The molecule has 0 aliphatic heterocycles. The number of hydrogen-bond donors (Lipinski definition) is 0. The van der Waals surface area contributed by atoms with Crippen LogP contribution in [0.3, 0.4) is 0 Å². The highest BCUT2D eigenvalue weighted by atomic mass is 16.5.